The van der Waals surface area contributed by atoms with Crippen molar-refractivity contribution >= 4 is 17.0 Å². The lowest BCUT2D eigenvalue weighted by atomic mass is 10.3. The van der Waals surface area contributed by atoms with E-state index >= 15 is 0 Å². The zero-order chi connectivity index (χ0) is 10.1. The molecule has 0 atom stereocenters. The number of aromatic carboxylic acids is 1. The molecule has 2 aromatic heterocycles. The first-order valence-corrected chi connectivity index (χ1v) is 4.27. The molecule has 0 saturated heterocycles. The number of rotatable bonds is 2. The Morgan fingerprint density at radius 1 is 1.57 bits per heavy atom. The molecule has 0 bridgehead atoms. The van der Waals surface area contributed by atoms with Crippen LogP contribution in [-0.4, -0.2) is 25.6 Å². The molecular weight excluding hydrogens is 182 g/mol. The first kappa shape index (κ1) is 8.68. The average Bonchev–Trinajstić information content (AvgIpc) is 2.59. The first-order valence-electron chi connectivity index (χ1n) is 4.27. The Labute approximate surface area is 80.0 Å². The van der Waals surface area contributed by atoms with Crippen LogP contribution in [0.2, 0.25) is 0 Å². The van der Waals surface area contributed by atoms with Crippen molar-refractivity contribution in [3.05, 3.63) is 24.3 Å². The van der Waals surface area contributed by atoms with Gasteiger partial charge in [-0.3, -0.25) is 0 Å². The maximum absolute atomic E-state index is 10.8. The zero-order valence-corrected chi connectivity index (χ0v) is 7.64. The van der Waals surface area contributed by atoms with E-state index in [1.807, 2.05) is 11.5 Å². The fraction of sp³-hybridized carbons (Fsp3) is 0.222. The molecule has 5 heteroatoms. The standard InChI is InChI=1S/C9H9N3O2/c1-2-12-5-11-7-6(12)3-4-10-8(7)9(13)14/h3-5H,2H2,1H3,(H,13,14). The van der Waals surface area contributed by atoms with Gasteiger partial charge in [0, 0.05) is 12.7 Å². The van der Waals surface area contributed by atoms with Gasteiger partial charge in [0.2, 0.25) is 0 Å². The Morgan fingerprint density at radius 3 is 3.00 bits per heavy atom. The number of carbonyl (C=O) groups is 1. The van der Waals surface area contributed by atoms with Crippen molar-refractivity contribution in [2.75, 3.05) is 0 Å². The molecule has 0 spiro atoms. The number of aryl methyl sites for hydroxylation is 1. The summed E-state index contributed by atoms with van der Waals surface area (Å²) in [4.78, 5) is 18.6. The number of hydrogen-bond donors (Lipinski definition) is 1. The lowest BCUT2D eigenvalue weighted by Crippen LogP contribution is -2.01. The highest BCUT2D eigenvalue weighted by molar-refractivity contribution is 5.98. The third-order valence-corrected chi connectivity index (χ3v) is 2.08. The summed E-state index contributed by atoms with van der Waals surface area (Å²) in [5, 5.41) is 8.85. The summed E-state index contributed by atoms with van der Waals surface area (Å²) in [6, 6.07) is 1.76. The number of nitrogens with zero attached hydrogens (tertiary/aromatic N) is 3. The molecule has 2 aromatic rings. The average molecular weight is 191 g/mol. The van der Waals surface area contributed by atoms with Gasteiger partial charge in [-0.15, -0.1) is 0 Å². The summed E-state index contributed by atoms with van der Waals surface area (Å²) in [5.74, 6) is -1.04. The van der Waals surface area contributed by atoms with Crippen LogP contribution in [0.3, 0.4) is 0 Å². The van der Waals surface area contributed by atoms with E-state index < -0.39 is 5.97 Å². The number of pyridine rings is 1. The van der Waals surface area contributed by atoms with Crippen LogP contribution in [-0.2, 0) is 6.54 Å². The number of carboxylic acids is 1. The smallest absolute Gasteiger partial charge is 0.356 e. The minimum Gasteiger partial charge on any atom is -0.476 e. The fourth-order valence-corrected chi connectivity index (χ4v) is 1.40. The van der Waals surface area contributed by atoms with Crippen LogP contribution in [0.1, 0.15) is 17.4 Å². The number of imidazole rings is 1. The van der Waals surface area contributed by atoms with Crippen LogP contribution >= 0.6 is 0 Å². The van der Waals surface area contributed by atoms with Crippen molar-refractivity contribution in [3.8, 4) is 0 Å². The molecule has 0 aliphatic heterocycles. The highest BCUT2D eigenvalue weighted by Gasteiger charge is 2.12. The van der Waals surface area contributed by atoms with Crippen LogP contribution in [0.25, 0.3) is 11.0 Å². The molecule has 0 amide bonds. The Kier molecular flexibility index (Phi) is 1.92. The van der Waals surface area contributed by atoms with Crippen molar-refractivity contribution in [3.63, 3.8) is 0 Å². The Morgan fingerprint density at radius 2 is 2.36 bits per heavy atom. The van der Waals surface area contributed by atoms with Crippen LogP contribution in [0.5, 0.6) is 0 Å². The number of fused-ring (bicyclic) bond motifs is 1. The summed E-state index contributed by atoms with van der Waals surface area (Å²) in [6.45, 7) is 2.74. The summed E-state index contributed by atoms with van der Waals surface area (Å²) >= 11 is 0. The molecule has 72 valence electrons. The number of carboxylic acid groups (broad SMARTS) is 1. The molecule has 1 N–H and O–H groups in total. The van der Waals surface area contributed by atoms with E-state index in [1.165, 1.54) is 6.20 Å². The molecule has 0 saturated carbocycles. The number of hydrogen-bond acceptors (Lipinski definition) is 3. The molecule has 14 heavy (non-hydrogen) atoms. The molecule has 0 aromatic carbocycles. The van der Waals surface area contributed by atoms with Crippen LogP contribution < -0.4 is 0 Å². The van der Waals surface area contributed by atoms with E-state index in [0.29, 0.717) is 5.52 Å². The van der Waals surface area contributed by atoms with Gasteiger partial charge >= 0.3 is 5.97 Å². The lowest BCUT2D eigenvalue weighted by molar-refractivity contribution is 0.0692. The maximum atomic E-state index is 10.8. The fourth-order valence-electron chi connectivity index (χ4n) is 1.40. The largest absolute Gasteiger partial charge is 0.476 e. The van der Waals surface area contributed by atoms with Gasteiger partial charge < -0.3 is 9.67 Å². The predicted octanol–water partition coefficient (Wildman–Crippen LogP) is 1.15. The van der Waals surface area contributed by atoms with E-state index in [1.54, 1.807) is 12.4 Å². The van der Waals surface area contributed by atoms with Gasteiger partial charge in [-0.1, -0.05) is 0 Å². The van der Waals surface area contributed by atoms with E-state index in [2.05, 4.69) is 9.97 Å². The van der Waals surface area contributed by atoms with E-state index in [9.17, 15) is 4.79 Å². The SMILES string of the molecule is CCn1cnc2c(C(=O)O)nccc21. The van der Waals surface area contributed by atoms with Crippen molar-refractivity contribution in [1.82, 2.24) is 14.5 Å². The summed E-state index contributed by atoms with van der Waals surface area (Å²) in [5.41, 5.74) is 1.26. The van der Waals surface area contributed by atoms with Gasteiger partial charge in [-0.2, -0.15) is 0 Å². The second kappa shape index (κ2) is 3.10. The molecule has 2 rings (SSSR count). The Balaban J connectivity index is 2.76. The van der Waals surface area contributed by atoms with Gasteiger partial charge in [-0.05, 0) is 13.0 Å². The van der Waals surface area contributed by atoms with Crippen molar-refractivity contribution in [2.45, 2.75) is 13.5 Å². The van der Waals surface area contributed by atoms with Crippen LogP contribution in [0.4, 0.5) is 0 Å². The minimum absolute atomic E-state index is 0.00898. The van der Waals surface area contributed by atoms with Gasteiger partial charge in [0.1, 0.15) is 5.52 Å². The van der Waals surface area contributed by atoms with E-state index in [-0.39, 0.29) is 5.69 Å². The van der Waals surface area contributed by atoms with Gasteiger partial charge in [0.05, 0.1) is 11.8 Å². The molecule has 5 nitrogen and oxygen atoms in total. The van der Waals surface area contributed by atoms with Gasteiger partial charge in [0.15, 0.2) is 5.69 Å². The molecule has 0 aliphatic carbocycles. The zero-order valence-electron chi connectivity index (χ0n) is 7.64. The van der Waals surface area contributed by atoms with Gasteiger partial charge in [-0.25, -0.2) is 14.8 Å². The summed E-state index contributed by atoms with van der Waals surface area (Å²) < 4.78 is 1.88. The third kappa shape index (κ3) is 1.14. The molecule has 0 radical (unpaired) electrons. The van der Waals surface area contributed by atoms with Crippen molar-refractivity contribution in [1.29, 1.82) is 0 Å². The summed E-state index contributed by atoms with van der Waals surface area (Å²) in [7, 11) is 0. The molecular formula is C9H9N3O2. The Hall–Kier alpha value is -1.91. The van der Waals surface area contributed by atoms with E-state index in [4.69, 9.17) is 5.11 Å². The normalized spacial score (nSPS) is 10.6. The molecule has 0 aliphatic rings. The van der Waals surface area contributed by atoms with Crippen LogP contribution in [0, 0.1) is 0 Å². The molecule has 2 heterocycles. The summed E-state index contributed by atoms with van der Waals surface area (Å²) in [6.07, 6.45) is 3.11. The number of aromatic nitrogens is 3. The second-order valence-corrected chi connectivity index (χ2v) is 2.86. The highest BCUT2D eigenvalue weighted by atomic mass is 16.4. The lowest BCUT2D eigenvalue weighted by Gasteiger charge is -1.98. The third-order valence-electron chi connectivity index (χ3n) is 2.08. The van der Waals surface area contributed by atoms with Crippen molar-refractivity contribution in [2.24, 2.45) is 0 Å². The van der Waals surface area contributed by atoms with Crippen molar-refractivity contribution < 1.29 is 9.90 Å². The topological polar surface area (TPSA) is 68.0 Å². The highest BCUT2D eigenvalue weighted by Crippen LogP contribution is 2.14. The quantitative estimate of drug-likeness (QED) is 0.773. The van der Waals surface area contributed by atoms with Gasteiger partial charge in [0.25, 0.3) is 0 Å². The first-order chi connectivity index (χ1) is 6.74. The maximum Gasteiger partial charge on any atom is 0.356 e. The minimum atomic E-state index is -1.04. The predicted molar refractivity (Wildman–Crippen MR) is 50.2 cm³/mol. The molecule has 0 unspecified atom stereocenters. The van der Waals surface area contributed by atoms with E-state index in [0.717, 1.165) is 12.1 Å². The second-order valence-electron chi connectivity index (χ2n) is 2.86. The Bertz CT molecular complexity index is 490. The van der Waals surface area contributed by atoms with Crippen LogP contribution in [0.15, 0.2) is 18.6 Å². The molecule has 0 fully saturated rings. The monoisotopic (exact) mass is 191 g/mol.